The number of halogens is 3. The number of urea groups is 1. The zero-order valence-electron chi connectivity index (χ0n) is 14.2. The van der Waals surface area contributed by atoms with Crippen molar-refractivity contribution in [1.29, 1.82) is 0 Å². The van der Waals surface area contributed by atoms with Crippen LogP contribution in [0.5, 0.6) is 0 Å². The number of nitrogens with one attached hydrogen (secondary N) is 1. The van der Waals surface area contributed by atoms with Crippen LogP contribution in [0.1, 0.15) is 11.3 Å². The Balaban J connectivity index is 1.84. The molecule has 4 amide bonds. The number of hydrogen-bond donors (Lipinski definition) is 1. The lowest BCUT2D eigenvalue weighted by Crippen LogP contribution is -2.58. The molecule has 144 valence electrons. The summed E-state index contributed by atoms with van der Waals surface area (Å²) >= 11 is 0. The van der Waals surface area contributed by atoms with E-state index in [4.69, 9.17) is 0 Å². The van der Waals surface area contributed by atoms with Crippen molar-refractivity contribution >= 4 is 29.7 Å². The van der Waals surface area contributed by atoms with E-state index in [0.717, 1.165) is 18.3 Å². The Morgan fingerprint density at radius 1 is 1.14 bits per heavy atom. The normalized spacial score (nSPS) is 17.9. The van der Waals surface area contributed by atoms with Crippen molar-refractivity contribution in [3.63, 3.8) is 0 Å². The third kappa shape index (κ3) is 4.05. The highest BCUT2D eigenvalue weighted by Crippen LogP contribution is 2.32. The fourth-order valence-corrected chi connectivity index (χ4v) is 2.53. The maximum atomic E-state index is 12.9. The first kappa shape index (κ1) is 19.2. The number of carbonyl (C=O) groups is 3. The number of carbonyl (C=O) groups excluding carboxylic acids is 3. The molecule has 0 unspecified atom stereocenters. The average Bonchev–Trinajstić information content (AvgIpc) is 2.64. The molecule has 2 aromatic rings. The van der Waals surface area contributed by atoms with E-state index in [-0.39, 0.29) is 12.2 Å². The topological polar surface area (TPSA) is 91.7 Å². The van der Waals surface area contributed by atoms with Crippen LogP contribution in [0.2, 0.25) is 0 Å². The number of benzene rings is 1. The van der Waals surface area contributed by atoms with Crippen molar-refractivity contribution in [3.05, 3.63) is 59.9 Å². The summed E-state index contributed by atoms with van der Waals surface area (Å²) in [6.45, 7) is 0.0927. The molecule has 1 atom stereocenters. The van der Waals surface area contributed by atoms with Crippen LogP contribution >= 0.6 is 0 Å². The Bertz CT molecular complexity index is 945. The van der Waals surface area contributed by atoms with Crippen LogP contribution in [0.3, 0.4) is 0 Å². The number of pyridine rings is 1. The molecule has 3 rings (SSSR count). The number of nitrogens with zero attached hydrogens (tertiary/aromatic N) is 3. The van der Waals surface area contributed by atoms with Gasteiger partial charge in [0.05, 0.1) is 23.5 Å². The first-order valence-electron chi connectivity index (χ1n) is 8.03. The summed E-state index contributed by atoms with van der Waals surface area (Å²) in [5.74, 6) is -3.34. The van der Waals surface area contributed by atoms with Crippen molar-refractivity contribution in [3.8, 4) is 0 Å². The molecule has 0 radical (unpaired) electrons. The predicted molar refractivity (Wildman–Crippen MR) is 92.4 cm³/mol. The summed E-state index contributed by atoms with van der Waals surface area (Å²) in [4.78, 5) is 45.2. The second kappa shape index (κ2) is 7.59. The smallest absolute Gasteiger partial charge is 0.290 e. The second-order valence-corrected chi connectivity index (χ2v) is 5.80. The quantitative estimate of drug-likeness (QED) is 0.642. The minimum Gasteiger partial charge on any atom is -0.290 e. The van der Waals surface area contributed by atoms with Gasteiger partial charge in [-0.15, -0.1) is 0 Å². The Morgan fingerprint density at radius 3 is 2.61 bits per heavy atom. The maximum Gasteiger partial charge on any atom is 0.416 e. The van der Waals surface area contributed by atoms with Crippen molar-refractivity contribution in [2.75, 3.05) is 4.90 Å². The molecule has 1 fully saturated rings. The minimum atomic E-state index is -4.65. The van der Waals surface area contributed by atoms with Gasteiger partial charge in [-0.3, -0.25) is 24.9 Å². The number of aromatic nitrogens is 1. The van der Waals surface area contributed by atoms with Crippen molar-refractivity contribution in [2.45, 2.75) is 12.7 Å². The molecule has 1 aromatic heterocycles. The second-order valence-electron chi connectivity index (χ2n) is 5.80. The number of rotatable bonds is 4. The fourth-order valence-electron chi connectivity index (χ4n) is 2.53. The molecule has 1 aromatic carbocycles. The predicted octanol–water partition coefficient (Wildman–Crippen LogP) is 2.57. The van der Waals surface area contributed by atoms with Crippen molar-refractivity contribution in [2.24, 2.45) is 10.9 Å². The van der Waals surface area contributed by atoms with Gasteiger partial charge in [-0.25, -0.2) is 9.69 Å². The van der Waals surface area contributed by atoms with Crippen LogP contribution in [-0.4, -0.2) is 29.0 Å². The van der Waals surface area contributed by atoms with Gasteiger partial charge in [0.25, 0.3) is 5.91 Å². The van der Waals surface area contributed by atoms with Crippen LogP contribution in [-0.2, 0) is 22.3 Å². The van der Waals surface area contributed by atoms with Gasteiger partial charge in [-0.2, -0.15) is 13.2 Å². The third-order valence-corrected chi connectivity index (χ3v) is 3.87. The van der Waals surface area contributed by atoms with Gasteiger partial charge in [0.2, 0.25) is 5.91 Å². The molecular formula is C18H13F3N4O3. The number of anilines is 1. The first-order valence-corrected chi connectivity index (χ1v) is 8.03. The van der Waals surface area contributed by atoms with E-state index >= 15 is 0 Å². The molecule has 0 saturated carbocycles. The standard InChI is InChI=1S/C18H13F3N4O3/c19-18(20,21)11-4-3-6-13(8-11)25-16(27)14(15(26)24-17(25)28)10-22-9-12-5-1-2-7-23-12/h1-8,10,14H,9H2,(H,24,26,28)/t14-/m1/s1. The van der Waals surface area contributed by atoms with Crippen LogP contribution < -0.4 is 10.2 Å². The van der Waals surface area contributed by atoms with E-state index < -0.39 is 35.5 Å². The van der Waals surface area contributed by atoms with Crippen molar-refractivity contribution in [1.82, 2.24) is 10.3 Å². The van der Waals surface area contributed by atoms with E-state index in [1.165, 1.54) is 6.07 Å². The highest BCUT2D eigenvalue weighted by molar-refractivity contribution is 6.32. The Hall–Kier alpha value is -3.56. The number of imide groups is 2. The number of hydrogen-bond acceptors (Lipinski definition) is 5. The van der Waals surface area contributed by atoms with Gasteiger partial charge >= 0.3 is 12.2 Å². The van der Waals surface area contributed by atoms with Crippen LogP contribution in [0.25, 0.3) is 0 Å². The largest absolute Gasteiger partial charge is 0.416 e. The lowest BCUT2D eigenvalue weighted by molar-refractivity contribution is -0.138. The van der Waals surface area contributed by atoms with E-state index in [0.29, 0.717) is 16.7 Å². The zero-order chi connectivity index (χ0) is 20.3. The lowest BCUT2D eigenvalue weighted by Gasteiger charge is -2.28. The highest BCUT2D eigenvalue weighted by atomic mass is 19.4. The van der Waals surface area contributed by atoms with Gasteiger partial charge in [0, 0.05) is 12.4 Å². The fraction of sp³-hybridized carbons (Fsp3) is 0.167. The maximum absolute atomic E-state index is 12.9. The average molecular weight is 390 g/mol. The van der Waals surface area contributed by atoms with Crippen molar-refractivity contribution < 1.29 is 27.6 Å². The van der Waals surface area contributed by atoms with Gasteiger partial charge < -0.3 is 0 Å². The molecule has 0 bridgehead atoms. The lowest BCUT2D eigenvalue weighted by atomic mass is 10.1. The zero-order valence-corrected chi connectivity index (χ0v) is 14.2. The Morgan fingerprint density at radius 2 is 1.93 bits per heavy atom. The summed E-state index contributed by atoms with van der Waals surface area (Å²) in [6.07, 6.45) is -2.04. The van der Waals surface area contributed by atoms with Crippen LogP contribution in [0.4, 0.5) is 23.7 Å². The SMILES string of the molecule is O=C1NC(=O)N(c2cccc(C(F)(F)F)c2)C(=O)[C@@H]1C=NCc1ccccn1. The molecule has 7 nitrogen and oxygen atoms in total. The van der Waals surface area contributed by atoms with Gasteiger partial charge in [0.15, 0.2) is 5.92 Å². The summed E-state index contributed by atoms with van der Waals surface area (Å²) < 4.78 is 38.7. The minimum absolute atomic E-state index is 0.0927. The first-order chi connectivity index (χ1) is 13.3. The molecule has 2 heterocycles. The molecule has 0 spiro atoms. The van der Waals surface area contributed by atoms with Gasteiger partial charge in [0.1, 0.15) is 0 Å². The number of barbiturate groups is 1. The highest BCUT2D eigenvalue weighted by Gasteiger charge is 2.41. The third-order valence-electron chi connectivity index (χ3n) is 3.87. The molecule has 10 heteroatoms. The van der Waals surface area contributed by atoms with Gasteiger partial charge in [-0.05, 0) is 30.3 Å². The summed E-state index contributed by atoms with van der Waals surface area (Å²) in [7, 11) is 0. The number of aliphatic imine (C=N–C) groups is 1. The van der Waals surface area contributed by atoms with E-state index in [2.05, 4.69) is 9.98 Å². The van der Waals surface area contributed by atoms with Crippen LogP contribution in [0, 0.1) is 5.92 Å². The van der Waals surface area contributed by atoms with E-state index in [1.807, 2.05) is 5.32 Å². The summed E-state index contributed by atoms with van der Waals surface area (Å²) in [5, 5.41) is 1.95. The Kier molecular flexibility index (Phi) is 5.21. The number of alkyl halides is 3. The summed E-state index contributed by atoms with van der Waals surface area (Å²) in [6, 6.07) is 7.74. The number of amides is 4. The van der Waals surface area contributed by atoms with E-state index in [9.17, 15) is 27.6 Å². The van der Waals surface area contributed by atoms with Crippen LogP contribution in [0.15, 0.2) is 53.7 Å². The molecule has 0 aliphatic carbocycles. The Labute approximate surface area is 156 Å². The van der Waals surface area contributed by atoms with E-state index in [1.54, 1.807) is 24.4 Å². The molecular weight excluding hydrogens is 377 g/mol. The molecule has 28 heavy (non-hydrogen) atoms. The molecule has 1 aliphatic heterocycles. The molecule has 1 saturated heterocycles. The molecule has 1 N–H and O–H groups in total. The monoisotopic (exact) mass is 390 g/mol. The van der Waals surface area contributed by atoms with Gasteiger partial charge in [-0.1, -0.05) is 12.1 Å². The summed E-state index contributed by atoms with van der Waals surface area (Å²) in [5.41, 5.74) is -0.732. The molecule has 1 aliphatic rings.